The molecule has 0 spiro atoms. The van der Waals surface area contributed by atoms with Crippen LogP contribution in [-0.4, -0.2) is 21.3 Å². The van der Waals surface area contributed by atoms with E-state index in [1.807, 2.05) is 67.6 Å². The molecule has 4 aromatic carbocycles. The third kappa shape index (κ3) is 6.19. The first-order valence-electron chi connectivity index (χ1n) is 11.7. The number of hydrogen-bond donors (Lipinski definition) is 1. The smallest absolute Gasteiger partial charge is 0.457 e. The van der Waals surface area contributed by atoms with Crippen LogP contribution < -0.4 is 28.6 Å². The van der Waals surface area contributed by atoms with Crippen LogP contribution in [0.25, 0.3) is 0 Å². The normalized spacial score (nSPS) is 11.8. The minimum Gasteiger partial charge on any atom is -0.497 e. The molecule has 1 atom stereocenters. The summed E-state index contributed by atoms with van der Waals surface area (Å²) in [6, 6.07) is 29.1. The lowest BCUT2D eigenvalue weighted by Gasteiger charge is -2.30. The topological polar surface area (TPSA) is 75.3 Å². The van der Waals surface area contributed by atoms with E-state index in [1.165, 1.54) is 14.2 Å². The first-order valence-corrected chi connectivity index (χ1v) is 13.3. The zero-order valence-corrected chi connectivity index (χ0v) is 22.1. The van der Waals surface area contributed by atoms with Crippen LogP contribution in [0.2, 0.25) is 0 Å². The van der Waals surface area contributed by atoms with E-state index in [0.29, 0.717) is 22.9 Å². The second kappa shape index (κ2) is 11.8. The van der Waals surface area contributed by atoms with Crippen LogP contribution in [0.3, 0.4) is 0 Å². The lowest BCUT2D eigenvalue weighted by molar-refractivity contribution is 0.341. The number of benzene rings is 4. The molecule has 4 rings (SSSR count). The van der Waals surface area contributed by atoms with Gasteiger partial charge >= 0.3 is 7.60 Å². The third-order valence-corrected chi connectivity index (χ3v) is 7.65. The van der Waals surface area contributed by atoms with Crippen molar-refractivity contribution in [3.8, 4) is 28.7 Å². The van der Waals surface area contributed by atoms with E-state index in [0.717, 1.165) is 11.1 Å². The largest absolute Gasteiger partial charge is 0.497 e. The molecular weight excluding hydrogens is 489 g/mol. The third-order valence-electron chi connectivity index (χ3n) is 5.69. The van der Waals surface area contributed by atoms with Crippen LogP contribution >= 0.6 is 7.60 Å². The van der Waals surface area contributed by atoms with Gasteiger partial charge in [0.25, 0.3) is 0 Å². The fourth-order valence-corrected chi connectivity index (χ4v) is 5.67. The number of nitrogens with one attached hydrogen (secondary N) is 1. The van der Waals surface area contributed by atoms with Gasteiger partial charge in [-0.3, -0.25) is 0 Å². The Hall–Kier alpha value is -4.09. The average Bonchev–Trinajstić information content (AvgIpc) is 2.93. The molecule has 0 saturated heterocycles. The summed E-state index contributed by atoms with van der Waals surface area (Å²) in [6.45, 7) is 1.99. The van der Waals surface area contributed by atoms with Crippen molar-refractivity contribution < 1.29 is 27.8 Å². The maximum Gasteiger partial charge on any atom is 0.457 e. The Bertz CT molecular complexity index is 1300. The highest BCUT2D eigenvalue weighted by atomic mass is 31.2. The lowest BCUT2D eigenvalue weighted by atomic mass is 10.1. The molecule has 8 heteroatoms. The Morgan fingerprint density at radius 1 is 0.622 bits per heavy atom. The zero-order valence-electron chi connectivity index (χ0n) is 21.2. The van der Waals surface area contributed by atoms with Gasteiger partial charge in [0, 0.05) is 5.69 Å². The predicted octanol–water partition coefficient (Wildman–Crippen LogP) is 7.48. The van der Waals surface area contributed by atoms with Crippen LogP contribution in [0.4, 0.5) is 5.69 Å². The molecule has 37 heavy (non-hydrogen) atoms. The summed E-state index contributed by atoms with van der Waals surface area (Å²) in [5.74, 6) is 1.25. The number of aryl methyl sites for hydroxylation is 1. The number of hydrogen-bond acceptors (Lipinski definition) is 7. The molecule has 0 fully saturated rings. The quantitative estimate of drug-likeness (QED) is 0.206. The minimum atomic E-state index is -4.08. The summed E-state index contributed by atoms with van der Waals surface area (Å²) in [5.41, 5.74) is 2.49. The van der Waals surface area contributed by atoms with Gasteiger partial charge in [-0.1, -0.05) is 54.1 Å². The fourth-order valence-electron chi connectivity index (χ4n) is 3.73. The first-order chi connectivity index (χ1) is 18.0. The molecule has 1 N–H and O–H groups in total. The molecule has 0 unspecified atom stereocenters. The highest BCUT2D eigenvalue weighted by Crippen LogP contribution is 2.62. The minimum absolute atomic E-state index is 0.289. The van der Waals surface area contributed by atoms with Crippen molar-refractivity contribution in [1.82, 2.24) is 0 Å². The highest BCUT2D eigenvalue weighted by molar-refractivity contribution is 7.55. The molecule has 0 amide bonds. The van der Waals surface area contributed by atoms with E-state index in [4.69, 9.17) is 23.3 Å². The monoisotopic (exact) mass is 519 g/mol. The van der Waals surface area contributed by atoms with Gasteiger partial charge < -0.3 is 28.6 Å². The van der Waals surface area contributed by atoms with Gasteiger partial charge in [-0.05, 0) is 61.0 Å². The Morgan fingerprint density at radius 2 is 1.11 bits per heavy atom. The van der Waals surface area contributed by atoms with Gasteiger partial charge in [-0.25, -0.2) is 4.57 Å². The van der Waals surface area contributed by atoms with Crippen molar-refractivity contribution in [2.45, 2.75) is 12.7 Å². The Kier molecular flexibility index (Phi) is 8.26. The van der Waals surface area contributed by atoms with Crippen molar-refractivity contribution in [2.75, 3.05) is 26.6 Å². The number of para-hydroxylation sites is 4. The number of anilines is 1. The maximum atomic E-state index is 15.0. The van der Waals surface area contributed by atoms with Gasteiger partial charge in [0.15, 0.2) is 28.8 Å². The van der Waals surface area contributed by atoms with Crippen LogP contribution in [-0.2, 0) is 4.57 Å². The van der Waals surface area contributed by atoms with Crippen LogP contribution in [0, 0.1) is 6.92 Å². The number of rotatable bonds is 11. The summed E-state index contributed by atoms with van der Waals surface area (Å²) < 4.78 is 43.7. The highest BCUT2D eigenvalue weighted by Gasteiger charge is 2.42. The molecule has 0 bridgehead atoms. The molecule has 0 heterocycles. The second-order valence-corrected chi connectivity index (χ2v) is 10.2. The SMILES string of the molecule is COc1ccc(N[C@H](c2ccc(C)cc2)P(=O)(Oc2ccccc2OC)Oc2ccccc2OC)cc1. The molecule has 7 nitrogen and oxygen atoms in total. The van der Waals surface area contributed by atoms with E-state index in [9.17, 15) is 4.57 Å². The maximum absolute atomic E-state index is 15.0. The molecule has 0 aliphatic rings. The van der Waals surface area contributed by atoms with Gasteiger partial charge in [0.1, 0.15) is 5.75 Å². The summed E-state index contributed by atoms with van der Waals surface area (Å²) in [4.78, 5) is 0. The number of methoxy groups -OCH3 is 3. The van der Waals surface area contributed by atoms with Crippen LogP contribution in [0.15, 0.2) is 97.1 Å². The first kappa shape index (κ1) is 26.0. The second-order valence-electron chi connectivity index (χ2n) is 8.21. The van der Waals surface area contributed by atoms with Gasteiger partial charge in [-0.2, -0.15) is 0 Å². The van der Waals surface area contributed by atoms with Crippen molar-refractivity contribution in [2.24, 2.45) is 0 Å². The molecule has 0 aliphatic heterocycles. The summed E-state index contributed by atoms with van der Waals surface area (Å²) in [5, 5.41) is 3.37. The molecule has 192 valence electrons. The van der Waals surface area contributed by atoms with Crippen molar-refractivity contribution in [3.05, 3.63) is 108 Å². The van der Waals surface area contributed by atoms with Gasteiger partial charge in [0.2, 0.25) is 0 Å². The van der Waals surface area contributed by atoms with Crippen LogP contribution in [0.5, 0.6) is 28.7 Å². The molecule has 4 aromatic rings. The fraction of sp³-hybridized carbons (Fsp3) is 0.172. The zero-order chi connectivity index (χ0) is 26.3. The average molecular weight is 520 g/mol. The van der Waals surface area contributed by atoms with Crippen molar-refractivity contribution in [1.29, 1.82) is 0 Å². The molecule has 0 radical (unpaired) electrons. The predicted molar refractivity (Wildman–Crippen MR) is 145 cm³/mol. The molecule has 0 aromatic heterocycles. The van der Waals surface area contributed by atoms with E-state index in [1.54, 1.807) is 43.5 Å². The summed E-state index contributed by atoms with van der Waals surface area (Å²) >= 11 is 0. The van der Waals surface area contributed by atoms with Gasteiger partial charge in [-0.15, -0.1) is 0 Å². The van der Waals surface area contributed by atoms with Crippen molar-refractivity contribution >= 4 is 13.3 Å². The Labute approximate surface area is 217 Å². The van der Waals surface area contributed by atoms with E-state index < -0.39 is 13.4 Å². The molecular formula is C29H30NO6P. The summed E-state index contributed by atoms with van der Waals surface area (Å²) in [6.07, 6.45) is 0. The van der Waals surface area contributed by atoms with Crippen molar-refractivity contribution in [3.63, 3.8) is 0 Å². The van der Waals surface area contributed by atoms with E-state index >= 15 is 0 Å². The Balaban J connectivity index is 1.85. The number of ether oxygens (including phenoxy) is 3. The Morgan fingerprint density at radius 3 is 1.57 bits per heavy atom. The van der Waals surface area contributed by atoms with E-state index in [2.05, 4.69) is 5.32 Å². The molecule has 0 saturated carbocycles. The lowest BCUT2D eigenvalue weighted by Crippen LogP contribution is -2.18. The van der Waals surface area contributed by atoms with E-state index in [-0.39, 0.29) is 11.5 Å². The van der Waals surface area contributed by atoms with Crippen LogP contribution in [0.1, 0.15) is 16.9 Å². The standard InChI is InChI=1S/C29H30NO6P/c1-21-13-15-22(16-14-21)29(30-23-17-19-24(32-2)20-18-23)37(31,35-27-11-7-5-9-25(27)33-3)36-28-12-8-6-10-26(28)34-4/h5-20,29-30H,1-4H3/t29-/m0/s1. The molecule has 0 aliphatic carbocycles. The van der Waals surface area contributed by atoms with Gasteiger partial charge in [0.05, 0.1) is 21.3 Å². The summed E-state index contributed by atoms with van der Waals surface area (Å²) in [7, 11) is 0.586.